The molecule has 0 bridgehead atoms. The van der Waals surface area contributed by atoms with E-state index in [0.717, 1.165) is 18.6 Å². The maximum Gasteiger partial charge on any atom is 0.240 e. The van der Waals surface area contributed by atoms with Gasteiger partial charge in [-0.15, -0.1) is 0 Å². The van der Waals surface area contributed by atoms with Crippen LogP contribution in [0.3, 0.4) is 0 Å². The Morgan fingerprint density at radius 2 is 1.65 bits per heavy atom. The fraction of sp³-hybridized carbons (Fsp3) is 0.520. The number of nitrogens with one attached hydrogen (secondary N) is 1. The largest absolute Gasteiger partial charge is 0.493 e. The summed E-state index contributed by atoms with van der Waals surface area (Å²) < 4.78 is 33.5. The van der Waals surface area contributed by atoms with Crippen LogP contribution in [0.5, 0.6) is 5.75 Å². The van der Waals surface area contributed by atoms with E-state index in [1.54, 1.807) is 12.1 Å². The van der Waals surface area contributed by atoms with Gasteiger partial charge in [-0.25, -0.2) is 13.1 Å². The summed E-state index contributed by atoms with van der Waals surface area (Å²) in [6.07, 6.45) is 2.63. The molecule has 3 N–H and O–H groups in total. The Kier molecular flexibility index (Phi) is 8.17. The lowest BCUT2D eigenvalue weighted by atomic mass is 9.76. The molecule has 0 aliphatic heterocycles. The smallest absolute Gasteiger partial charge is 0.240 e. The average Bonchev–Trinajstić information content (AvgIpc) is 2.73. The molecule has 172 valence electrons. The van der Waals surface area contributed by atoms with E-state index in [9.17, 15) is 8.42 Å². The monoisotopic (exact) mass is 446 g/mol. The molecule has 0 radical (unpaired) electrons. The molecule has 0 heterocycles. The van der Waals surface area contributed by atoms with E-state index in [4.69, 9.17) is 10.5 Å². The molecule has 0 fully saturated rings. The molecule has 6 heteroatoms. The summed E-state index contributed by atoms with van der Waals surface area (Å²) >= 11 is 0. The van der Waals surface area contributed by atoms with Crippen LogP contribution in [0.2, 0.25) is 0 Å². The molecule has 2 rings (SSSR count). The molecular formula is C25H38N2O3S. The van der Waals surface area contributed by atoms with E-state index in [1.165, 1.54) is 23.3 Å². The van der Waals surface area contributed by atoms with Crippen molar-refractivity contribution >= 4 is 15.7 Å². The topological polar surface area (TPSA) is 81.4 Å². The average molecular weight is 447 g/mol. The Bertz CT molecular complexity index is 982. The molecule has 0 atom stereocenters. The second-order valence-electron chi connectivity index (χ2n) is 9.36. The number of rotatable bonds is 11. The van der Waals surface area contributed by atoms with E-state index in [-0.39, 0.29) is 15.7 Å². The van der Waals surface area contributed by atoms with Crippen LogP contribution in [-0.2, 0) is 20.9 Å². The summed E-state index contributed by atoms with van der Waals surface area (Å²) in [4.78, 5) is 0.175. The SMILES string of the molecule is CCC(C)(C)c1ccc(OCCCNS(=O)(=O)c2cccc(N)c2)c(C(C)(C)CC)c1. The van der Waals surface area contributed by atoms with Gasteiger partial charge in [-0.05, 0) is 59.9 Å². The van der Waals surface area contributed by atoms with E-state index in [2.05, 4.69) is 64.5 Å². The number of hydrogen-bond donors (Lipinski definition) is 2. The Morgan fingerprint density at radius 1 is 0.968 bits per heavy atom. The van der Waals surface area contributed by atoms with Gasteiger partial charge in [0, 0.05) is 17.8 Å². The third-order valence-electron chi connectivity index (χ3n) is 6.30. The third-order valence-corrected chi connectivity index (χ3v) is 7.76. The molecule has 0 saturated heterocycles. The van der Waals surface area contributed by atoms with Crippen LogP contribution in [0, 0.1) is 0 Å². The van der Waals surface area contributed by atoms with Crippen LogP contribution < -0.4 is 15.2 Å². The first-order valence-electron chi connectivity index (χ1n) is 11.1. The molecule has 0 unspecified atom stereocenters. The summed E-state index contributed by atoms with van der Waals surface area (Å²) in [7, 11) is -3.57. The number of sulfonamides is 1. The van der Waals surface area contributed by atoms with E-state index >= 15 is 0 Å². The number of nitrogens with two attached hydrogens (primary N) is 1. The quantitative estimate of drug-likeness (QED) is 0.358. The first-order chi connectivity index (χ1) is 14.4. The first kappa shape index (κ1) is 25.2. The Morgan fingerprint density at radius 3 is 2.26 bits per heavy atom. The molecule has 2 aromatic carbocycles. The molecular weight excluding hydrogens is 408 g/mol. The number of ether oxygens (including phenoxy) is 1. The minimum Gasteiger partial charge on any atom is -0.493 e. The maximum atomic E-state index is 12.4. The summed E-state index contributed by atoms with van der Waals surface area (Å²) in [5, 5.41) is 0. The Balaban J connectivity index is 2.04. The van der Waals surface area contributed by atoms with Crippen molar-refractivity contribution in [2.45, 2.75) is 76.5 Å². The van der Waals surface area contributed by atoms with Crippen LogP contribution in [0.4, 0.5) is 5.69 Å². The van der Waals surface area contributed by atoms with Crippen molar-refractivity contribution in [3.8, 4) is 5.75 Å². The standard InChI is InChI=1S/C25H38N2O3S/c1-7-24(3,4)19-13-14-23(22(17-19)25(5,6)8-2)30-16-10-15-27-31(28,29)21-12-9-11-20(26)18-21/h9,11-14,17-18,27H,7-8,10,15-16,26H2,1-6H3. The van der Waals surface area contributed by atoms with Gasteiger partial charge in [-0.2, -0.15) is 0 Å². The molecule has 0 amide bonds. The van der Waals surface area contributed by atoms with Crippen molar-refractivity contribution in [1.29, 1.82) is 0 Å². The van der Waals surface area contributed by atoms with Gasteiger partial charge in [0.25, 0.3) is 0 Å². The van der Waals surface area contributed by atoms with Gasteiger partial charge in [-0.1, -0.05) is 59.7 Å². The zero-order valence-corrected chi connectivity index (χ0v) is 20.6. The highest BCUT2D eigenvalue weighted by molar-refractivity contribution is 7.89. The second kappa shape index (κ2) is 10.0. The van der Waals surface area contributed by atoms with Gasteiger partial charge in [0.15, 0.2) is 0 Å². The zero-order chi connectivity index (χ0) is 23.3. The molecule has 0 saturated carbocycles. The third kappa shape index (κ3) is 6.47. The predicted molar refractivity (Wildman–Crippen MR) is 129 cm³/mol. The summed E-state index contributed by atoms with van der Waals surface area (Å²) in [5.74, 6) is 0.876. The molecule has 0 aromatic heterocycles. The Labute approximate surface area is 188 Å². The number of anilines is 1. The van der Waals surface area contributed by atoms with Crippen LogP contribution >= 0.6 is 0 Å². The zero-order valence-electron chi connectivity index (χ0n) is 19.8. The molecule has 0 aliphatic rings. The van der Waals surface area contributed by atoms with Gasteiger partial charge in [-0.3, -0.25) is 0 Å². The van der Waals surface area contributed by atoms with Crippen molar-refractivity contribution < 1.29 is 13.2 Å². The fourth-order valence-electron chi connectivity index (χ4n) is 3.23. The summed E-state index contributed by atoms with van der Waals surface area (Å²) in [6.45, 7) is 14.1. The normalized spacial score (nSPS) is 12.7. The van der Waals surface area contributed by atoms with Crippen molar-refractivity contribution in [3.63, 3.8) is 0 Å². The van der Waals surface area contributed by atoms with E-state index in [1.807, 2.05) is 0 Å². The highest BCUT2D eigenvalue weighted by Gasteiger charge is 2.26. The second-order valence-corrected chi connectivity index (χ2v) is 11.1. The van der Waals surface area contributed by atoms with Crippen molar-refractivity contribution in [1.82, 2.24) is 4.72 Å². The van der Waals surface area contributed by atoms with Crippen LogP contribution in [0.1, 0.15) is 71.9 Å². The van der Waals surface area contributed by atoms with Gasteiger partial charge in [0.2, 0.25) is 10.0 Å². The van der Waals surface area contributed by atoms with Gasteiger partial charge in [0.1, 0.15) is 5.75 Å². The van der Waals surface area contributed by atoms with Crippen molar-refractivity contribution in [3.05, 3.63) is 53.6 Å². The van der Waals surface area contributed by atoms with Gasteiger partial charge >= 0.3 is 0 Å². The fourth-order valence-corrected chi connectivity index (χ4v) is 4.35. The van der Waals surface area contributed by atoms with Gasteiger partial charge < -0.3 is 10.5 Å². The predicted octanol–water partition coefficient (Wildman–Crippen LogP) is 5.39. The molecule has 31 heavy (non-hydrogen) atoms. The minimum atomic E-state index is -3.57. The number of benzene rings is 2. The van der Waals surface area contributed by atoms with E-state index in [0.29, 0.717) is 25.3 Å². The van der Waals surface area contributed by atoms with Gasteiger partial charge in [0.05, 0.1) is 11.5 Å². The van der Waals surface area contributed by atoms with Crippen LogP contribution in [0.25, 0.3) is 0 Å². The Hall–Kier alpha value is -2.05. The first-order valence-corrected chi connectivity index (χ1v) is 12.5. The van der Waals surface area contributed by atoms with Crippen LogP contribution in [-0.4, -0.2) is 21.6 Å². The highest BCUT2D eigenvalue weighted by Crippen LogP contribution is 2.38. The summed E-state index contributed by atoms with van der Waals surface area (Å²) in [6, 6.07) is 12.8. The number of nitrogen functional groups attached to an aromatic ring is 1. The summed E-state index contributed by atoms with van der Waals surface area (Å²) in [5.41, 5.74) is 8.73. The lowest BCUT2D eigenvalue weighted by Crippen LogP contribution is -2.26. The maximum absolute atomic E-state index is 12.4. The lowest BCUT2D eigenvalue weighted by Gasteiger charge is -2.30. The highest BCUT2D eigenvalue weighted by atomic mass is 32.2. The molecule has 5 nitrogen and oxygen atoms in total. The molecule has 2 aromatic rings. The van der Waals surface area contributed by atoms with Crippen molar-refractivity contribution in [2.75, 3.05) is 18.9 Å². The molecule has 0 spiro atoms. The number of hydrogen-bond acceptors (Lipinski definition) is 4. The van der Waals surface area contributed by atoms with Crippen molar-refractivity contribution in [2.24, 2.45) is 0 Å². The molecule has 0 aliphatic carbocycles. The van der Waals surface area contributed by atoms with E-state index < -0.39 is 10.0 Å². The minimum absolute atomic E-state index is 0.00993. The van der Waals surface area contributed by atoms with Crippen LogP contribution in [0.15, 0.2) is 47.4 Å². The lowest BCUT2D eigenvalue weighted by molar-refractivity contribution is 0.300.